The van der Waals surface area contributed by atoms with E-state index < -0.39 is 0 Å². The van der Waals surface area contributed by atoms with Gasteiger partial charge in [0.25, 0.3) is 0 Å². The third-order valence-corrected chi connectivity index (χ3v) is 2.55. The number of aromatic amines is 1. The van der Waals surface area contributed by atoms with Gasteiger partial charge in [-0.1, -0.05) is 0 Å². The van der Waals surface area contributed by atoms with E-state index >= 15 is 0 Å². The van der Waals surface area contributed by atoms with Crippen LogP contribution in [-0.4, -0.2) is 4.98 Å². The Hall–Kier alpha value is -1.09. The van der Waals surface area contributed by atoms with Gasteiger partial charge in [-0.3, -0.25) is 4.79 Å². The third-order valence-electron chi connectivity index (χ3n) is 1.57. The Bertz CT molecular complexity index is 441. The Kier molecular flexibility index (Phi) is 1.32. The SMILES string of the molecule is Cc1cc2c(=O)cc[nH]c2s1. The van der Waals surface area contributed by atoms with Crippen molar-refractivity contribution < 1.29 is 0 Å². The van der Waals surface area contributed by atoms with Gasteiger partial charge in [0.2, 0.25) is 0 Å². The van der Waals surface area contributed by atoms with E-state index in [9.17, 15) is 4.79 Å². The zero-order chi connectivity index (χ0) is 7.84. The molecule has 0 aliphatic rings. The third kappa shape index (κ3) is 0.973. The van der Waals surface area contributed by atoms with E-state index in [1.807, 2.05) is 13.0 Å². The molecule has 0 saturated heterocycles. The largest absolute Gasteiger partial charge is 0.353 e. The zero-order valence-electron chi connectivity index (χ0n) is 6.05. The van der Waals surface area contributed by atoms with Crippen molar-refractivity contribution in [1.29, 1.82) is 0 Å². The summed E-state index contributed by atoms with van der Waals surface area (Å²) in [6.45, 7) is 2.00. The van der Waals surface area contributed by atoms with Crippen LogP contribution in [0.3, 0.4) is 0 Å². The van der Waals surface area contributed by atoms with Gasteiger partial charge in [-0.2, -0.15) is 0 Å². The van der Waals surface area contributed by atoms with Gasteiger partial charge in [0.15, 0.2) is 5.43 Å². The number of aryl methyl sites for hydroxylation is 1. The number of hydrogen-bond donors (Lipinski definition) is 1. The summed E-state index contributed by atoms with van der Waals surface area (Å²) in [4.78, 5) is 16.3. The molecule has 2 heterocycles. The van der Waals surface area contributed by atoms with Gasteiger partial charge in [-0.05, 0) is 13.0 Å². The average molecular weight is 165 g/mol. The lowest BCUT2D eigenvalue weighted by molar-refractivity contribution is 1.42. The molecule has 0 aliphatic carbocycles. The van der Waals surface area contributed by atoms with Gasteiger partial charge in [0, 0.05) is 17.1 Å². The van der Waals surface area contributed by atoms with Crippen LogP contribution in [-0.2, 0) is 0 Å². The normalized spacial score (nSPS) is 10.6. The molecule has 0 unspecified atom stereocenters. The van der Waals surface area contributed by atoms with Crippen molar-refractivity contribution in [1.82, 2.24) is 4.98 Å². The Labute approximate surface area is 67.5 Å². The monoisotopic (exact) mass is 165 g/mol. The predicted octanol–water partition coefficient (Wildman–Crippen LogP) is 1.90. The standard InChI is InChI=1S/C8H7NOS/c1-5-4-6-7(10)2-3-9-8(6)11-5/h2-4H,1H3,(H,9,10). The number of nitrogens with one attached hydrogen (secondary N) is 1. The second kappa shape index (κ2) is 2.20. The quantitative estimate of drug-likeness (QED) is 0.635. The van der Waals surface area contributed by atoms with Crippen molar-refractivity contribution in [3.05, 3.63) is 33.4 Å². The lowest BCUT2D eigenvalue weighted by Gasteiger charge is -1.83. The van der Waals surface area contributed by atoms with Crippen molar-refractivity contribution in [3.8, 4) is 0 Å². The maximum absolute atomic E-state index is 11.2. The molecule has 0 fully saturated rings. The van der Waals surface area contributed by atoms with E-state index in [-0.39, 0.29) is 5.43 Å². The summed E-state index contributed by atoms with van der Waals surface area (Å²) in [5.74, 6) is 0. The highest BCUT2D eigenvalue weighted by atomic mass is 32.1. The Morgan fingerprint density at radius 1 is 1.55 bits per heavy atom. The van der Waals surface area contributed by atoms with Crippen LogP contribution in [0.5, 0.6) is 0 Å². The summed E-state index contributed by atoms with van der Waals surface area (Å²) >= 11 is 1.61. The highest BCUT2D eigenvalue weighted by molar-refractivity contribution is 7.18. The highest BCUT2D eigenvalue weighted by Gasteiger charge is 1.99. The average Bonchev–Trinajstić information content (AvgIpc) is 2.31. The van der Waals surface area contributed by atoms with E-state index in [1.165, 1.54) is 4.88 Å². The first-order valence-electron chi connectivity index (χ1n) is 3.35. The van der Waals surface area contributed by atoms with E-state index in [0.29, 0.717) is 0 Å². The van der Waals surface area contributed by atoms with Crippen LogP contribution in [0.4, 0.5) is 0 Å². The smallest absolute Gasteiger partial charge is 0.190 e. The van der Waals surface area contributed by atoms with Crippen molar-refractivity contribution in [2.24, 2.45) is 0 Å². The van der Waals surface area contributed by atoms with Crippen molar-refractivity contribution in [2.75, 3.05) is 0 Å². The van der Waals surface area contributed by atoms with Crippen molar-refractivity contribution >= 4 is 21.6 Å². The summed E-state index contributed by atoms with van der Waals surface area (Å²) in [5.41, 5.74) is 0.100. The summed E-state index contributed by atoms with van der Waals surface area (Å²) in [6.07, 6.45) is 1.68. The molecular weight excluding hydrogens is 158 g/mol. The molecule has 1 N–H and O–H groups in total. The van der Waals surface area contributed by atoms with Gasteiger partial charge in [-0.15, -0.1) is 11.3 Å². The molecule has 0 radical (unpaired) electrons. The molecule has 0 spiro atoms. The molecule has 11 heavy (non-hydrogen) atoms. The van der Waals surface area contributed by atoms with Crippen LogP contribution >= 0.6 is 11.3 Å². The molecular formula is C8H7NOS. The Balaban J connectivity index is 3.02. The molecule has 0 amide bonds. The number of thiophene rings is 1. The molecule has 2 aromatic rings. The minimum atomic E-state index is 0.100. The van der Waals surface area contributed by atoms with Crippen molar-refractivity contribution in [2.45, 2.75) is 6.92 Å². The highest BCUT2D eigenvalue weighted by Crippen LogP contribution is 2.18. The predicted molar refractivity (Wildman–Crippen MR) is 47.2 cm³/mol. The number of H-pyrrole nitrogens is 1. The molecule has 2 nitrogen and oxygen atoms in total. The van der Waals surface area contributed by atoms with E-state index in [2.05, 4.69) is 4.98 Å². The zero-order valence-corrected chi connectivity index (χ0v) is 6.87. The maximum Gasteiger partial charge on any atom is 0.190 e. The maximum atomic E-state index is 11.2. The summed E-state index contributed by atoms with van der Waals surface area (Å²) in [5, 5.41) is 0.801. The van der Waals surface area contributed by atoms with Crippen LogP contribution in [0, 0.1) is 6.92 Å². The Morgan fingerprint density at radius 2 is 2.36 bits per heavy atom. The van der Waals surface area contributed by atoms with E-state index in [0.717, 1.165) is 10.2 Å². The Morgan fingerprint density at radius 3 is 3.09 bits per heavy atom. The number of pyridine rings is 1. The minimum absolute atomic E-state index is 0.100. The second-order valence-corrected chi connectivity index (χ2v) is 3.70. The fourth-order valence-electron chi connectivity index (χ4n) is 1.09. The fourth-order valence-corrected chi connectivity index (χ4v) is 1.98. The molecule has 0 bridgehead atoms. The lowest BCUT2D eigenvalue weighted by atomic mass is 10.3. The first-order valence-corrected chi connectivity index (χ1v) is 4.17. The van der Waals surface area contributed by atoms with Crippen LogP contribution in [0.15, 0.2) is 23.1 Å². The van der Waals surface area contributed by atoms with Gasteiger partial charge in [0.05, 0.1) is 5.39 Å². The van der Waals surface area contributed by atoms with Crippen molar-refractivity contribution in [3.63, 3.8) is 0 Å². The summed E-state index contributed by atoms with van der Waals surface area (Å²) in [6, 6.07) is 3.47. The molecule has 3 heteroatoms. The molecule has 56 valence electrons. The second-order valence-electron chi connectivity index (χ2n) is 2.44. The lowest BCUT2D eigenvalue weighted by Crippen LogP contribution is -1.96. The molecule has 0 saturated carbocycles. The van der Waals surface area contributed by atoms with Crippen LogP contribution in [0.2, 0.25) is 0 Å². The van der Waals surface area contributed by atoms with Gasteiger partial charge in [-0.25, -0.2) is 0 Å². The molecule has 0 aromatic carbocycles. The van der Waals surface area contributed by atoms with Gasteiger partial charge < -0.3 is 4.98 Å². The summed E-state index contributed by atoms with van der Waals surface area (Å²) < 4.78 is 0. The number of rotatable bonds is 0. The van der Waals surface area contributed by atoms with Crippen LogP contribution in [0.1, 0.15) is 4.88 Å². The topological polar surface area (TPSA) is 32.9 Å². The van der Waals surface area contributed by atoms with E-state index in [1.54, 1.807) is 23.6 Å². The van der Waals surface area contributed by atoms with Crippen LogP contribution in [0.25, 0.3) is 10.2 Å². The van der Waals surface area contributed by atoms with Gasteiger partial charge in [0.1, 0.15) is 4.83 Å². The van der Waals surface area contributed by atoms with Crippen LogP contribution < -0.4 is 5.43 Å². The fraction of sp³-hybridized carbons (Fsp3) is 0.125. The number of aromatic nitrogens is 1. The molecule has 0 atom stereocenters. The number of fused-ring (bicyclic) bond motifs is 1. The van der Waals surface area contributed by atoms with Gasteiger partial charge >= 0.3 is 0 Å². The minimum Gasteiger partial charge on any atom is -0.353 e. The first kappa shape index (κ1) is 6.61. The first-order chi connectivity index (χ1) is 5.27. The number of hydrogen-bond acceptors (Lipinski definition) is 2. The molecule has 2 rings (SSSR count). The summed E-state index contributed by atoms with van der Waals surface area (Å²) in [7, 11) is 0. The molecule has 2 aromatic heterocycles. The molecule has 0 aliphatic heterocycles. The van der Waals surface area contributed by atoms with E-state index in [4.69, 9.17) is 0 Å².